The molecule has 1 aromatic rings. The number of nitrogens with one attached hydrogen (secondary N) is 1. The minimum absolute atomic E-state index is 0.0889. The SMILES string of the molecule is CC1=C(C)C(=O)N(Nc2ccc3c(c2)C(C)(C)CCC3(C)C)C1=O. The summed E-state index contributed by atoms with van der Waals surface area (Å²) in [5, 5.41) is 1.12. The number of hydrogen-bond donors (Lipinski definition) is 1. The number of hydrazine groups is 1. The fourth-order valence-corrected chi connectivity index (χ4v) is 3.64. The Morgan fingerprint density at radius 2 is 1.38 bits per heavy atom. The predicted molar refractivity (Wildman–Crippen MR) is 95.6 cm³/mol. The van der Waals surface area contributed by atoms with Crippen LogP contribution in [0.25, 0.3) is 0 Å². The molecule has 3 rings (SSSR count). The lowest BCUT2D eigenvalue weighted by atomic mass is 9.63. The Labute approximate surface area is 143 Å². The Morgan fingerprint density at radius 1 is 0.875 bits per heavy atom. The van der Waals surface area contributed by atoms with Crippen LogP contribution < -0.4 is 5.43 Å². The van der Waals surface area contributed by atoms with E-state index in [2.05, 4.69) is 45.3 Å². The van der Waals surface area contributed by atoms with Crippen LogP contribution in [0.3, 0.4) is 0 Å². The van der Waals surface area contributed by atoms with Crippen molar-refractivity contribution in [1.82, 2.24) is 5.01 Å². The Bertz CT molecular complexity index is 748. The molecule has 4 heteroatoms. The predicted octanol–water partition coefficient (Wildman–Crippen LogP) is 4.07. The highest BCUT2D eigenvalue weighted by Crippen LogP contribution is 2.46. The number of fused-ring (bicyclic) bond motifs is 1. The second kappa shape index (κ2) is 5.20. The monoisotopic (exact) mass is 326 g/mol. The summed E-state index contributed by atoms with van der Waals surface area (Å²) >= 11 is 0. The van der Waals surface area contributed by atoms with Gasteiger partial charge in [-0.25, -0.2) is 0 Å². The minimum atomic E-state index is -0.269. The van der Waals surface area contributed by atoms with Crippen LogP contribution in [0.4, 0.5) is 5.69 Å². The summed E-state index contributed by atoms with van der Waals surface area (Å²) in [5.41, 5.74) is 7.69. The first-order valence-electron chi connectivity index (χ1n) is 8.52. The van der Waals surface area contributed by atoms with Crippen molar-refractivity contribution in [3.8, 4) is 0 Å². The van der Waals surface area contributed by atoms with Crippen LogP contribution in [0.2, 0.25) is 0 Å². The van der Waals surface area contributed by atoms with Gasteiger partial charge in [-0.15, -0.1) is 0 Å². The molecule has 1 aliphatic heterocycles. The molecule has 0 radical (unpaired) electrons. The van der Waals surface area contributed by atoms with E-state index in [9.17, 15) is 9.59 Å². The average molecular weight is 326 g/mol. The van der Waals surface area contributed by atoms with E-state index in [1.165, 1.54) is 11.1 Å². The first-order valence-corrected chi connectivity index (χ1v) is 8.52. The molecule has 4 nitrogen and oxygen atoms in total. The highest BCUT2D eigenvalue weighted by atomic mass is 16.2. The fourth-order valence-electron chi connectivity index (χ4n) is 3.64. The van der Waals surface area contributed by atoms with Crippen LogP contribution in [0.15, 0.2) is 29.3 Å². The maximum Gasteiger partial charge on any atom is 0.275 e. The molecule has 2 aliphatic rings. The number of anilines is 1. The third-order valence-electron chi connectivity index (χ3n) is 5.70. The molecular formula is C20H26N2O2. The number of carbonyl (C=O) groups excluding carboxylic acids is 2. The lowest BCUT2D eigenvalue weighted by molar-refractivity contribution is -0.135. The van der Waals surface area contributed by atoms with Crippen molar-refractivity contribution in [2.45, 2.75) is 65.2 Å². The van der Waals surface area contributed by atoms with Gasteiger partial charge in [-0.3, -0.25) is 15.0 Å². The molecule has 1 heterocycles. The molecule has 128 valence electrons. The van der Waals surface area contributed by atoms with E-state index in [4.69, 9.17) is 0 Å². The molecule has 2 amide bonds. The van der Waals surface area contributed by atoms with Crippen molar-refractivity contribution < 1.29 is 9.59 Å². The molecular weight excluding hydrogens is 300 g/mol. The first-order chi connectivity index (χ1) is 11.0. The molecule has 0 unspecified atom stereocenters. The lowest BCUT2D eigenvalue weighted by Crippen LogP contribution is -2.37. The van der Waals surface area contributed by atoms with Gasteiger partial charge in [0.1, 0.15) is 0 Å². The normalized spacial score (nSPS) is 22.0. The largest absolute Gasteiger partial charge is 0.288 e. The minimum Gasteiger partial charge on any atom is -0.288 e. The van der Waals surface area contributed by atoms with E-state index in [0.717, 1.165) is 23.5 Å². The summed E-state index contributed by atoms with van der Waals surface area (Å²) < 4.78 is 0. The molecule has 1 aliphatic carbocycles. The second-order valence-electron chi connectivity index (χ2n) is 8.34. The highest BCUT2D eigenvalue weighted by Gasteiger charge is 2.38. The number of amides is 2. The molecule has 0 atom stereocenters. The topological polar surface area (TPSA) is 49.4 Å². The summed E-state index contributed by atoms with van der Waals surface area (Å²) in [7, 11) is 0. The maximum atomic E-state index is 12.2. The molecule has 0 fully saturated rings. The van der Waals surface area contributed by atoms with Gasteiger partial charge in [-0.2, -0.15) is 5.01 Å². The first kappa shape index (κ1) is 16.7. The van der Waals surface area contributed by atoms with Crippen LogP contribution in [-0.4, -0.2) is 16.8 Å². The van der Waals surface area contributed by atoms with Crippen molar-refractivity contribution in [2.24, 2.45) is 0 Å². The van der Waals surface area contributed by atoms with Crippen LogP contribution in [0.5, 0.6) is 0 Å². The van der Waals surface area contributed by atoms with Crippen LogP contribution in [0.1, 0.15) is 65.5 Å². The third-order valence-corrected chi connectivity index (χ3v) is 5.70. The summed E-state index contributed by atoms with van der Waals surface area (Å²) in [6, 6.07) is 6.20. The zero-order valence-electron chi connectivity index (χ0n) is 15.4. The molecule has 1 aromatic carbocycles. The van der Waals surface area contributed by atoms with Gasteiger partial charge in [-0.1, -0.05) is 33.8 Å². The average Bonchev–Trinajstić information content (AvgIpc) is 2.70. The number of nitrogens with zero attached hydrogens (tertiary/aromatic N) is 1. The maximum absolute atomic E-state index is 12.2. The molecule has 1 N–H and O–H groups in total. The van der Waals surface area contributed by atoms with Gasteiger partial charge < -0.3 is 0 Å². The van der Waals surface area contributed by atoms with E-state index >= 15 is 0 Å². The highest BCUT2D eigenvalue weighted by molar-refractivity contribution is 6.19. The Kier molecular flexibility index (Phi) is 3.63. The molecule has 0 bridgehead atoms. The van der Waals surface area contributed by atoms with Gasteiger partial charge in [0.05, 0.1) is 5.69 Å². The Hall–Kier alpha value is -2.10. The van der Waals surface area contributed by atoms with Crippen molar-refractivity contribution in [1.29, 1.82) is 0 Å². The summed E-state index contributed by atoms with van der Waals surface area (Å²) in [4.78, 5) is 24.5. The zero-order valence-corrected chi connectivity index (χ0v) is 15.4. The van der Waals surface area contributed by atoms with Crippen molar-refractivity contribution in [2.75, 3.05) is 5.43 Å². The summed E-state index contributed by atoms with van der Waals surface area (Å²) in [6.45, 7) is 12.4. The van der Waals surface area contributed by atoms with Crippen LogP contribution in [-0.2, 0) is 20.4 Å². The smallest absolute Gasteiger partial charge is 0.275 e. The van der Waals surface area contributed by atoms with Gasteiger partial charge in [0, 0.05) is 11.1 Å². The van der Waals surface area contributed by atoms with Gasteiger partial charge >= 0.3 is 0 Å². The van der Waals surface area contributed by atoms with Gasteiger partial charge in [-0.05, 0) is 60.8 Å². The molecule has 0 aromatic heterocycles. The van der Waals surface area contributed by atoms with Crippen molar-refractivity contribution in [3.05, 3.63) is 40.5 Å². The third kappa shape index (κ3) is 2.45. The van der Waals surface area contributed by atoms with E-state index in [0.29, 0.717) is 11.1 Å². The fraction of sp³-hybridized carbons (Fsp3) is 0.500. The number of imide groups is 1. The molecule has 0 saturated heterocycles. The van der Waals surface area contributed by atoms with E-state index in [1.807, 2.05) is 6.07 Å². The van der Waals surface area contributed by atoms with E-state index < -0.39 is 0 Å². The molecule has 24 heavy (non-hydrogen) atoms. The van der Waals surface area contributed by atoms with E-state index in [-0.39, 0.29) is 22.6 Å². The van der Waals surface area contributed by atoms with Crippen molar-refractivity contribution >= 4 is 17.5 Å². The van der Waals surface area contributed by atoms with Crippen LogP contribution in [0, 0.1) is 0 Å². The Balaban J connectivity index is 1.96. The van der Waals surface area contributed by atoms with Gasteiger partial charge in [0.2, 0.25) is 0 Å². The number of hydrogen-bond acceptors (Lipinski definition) is 3. The quantitative estimate of drug-likeness (QED) is 0.834. The number of carbonyl (C=O) groups is 2. The van der Waals surface area contributed by atoms with Crippen molar-refractivity contribution in [3.63, 3.8) is 0 Å². The summed E-state index contributed by atoms with van der Waals surface area (Å²) in [5.74, 6) is -0.537. The second-order valence-corrected chi connectivity index (χ2v) is 8.34. The zero-order chi connectivity index (χ0) is 17.9. The molecule has 0 saturated carbocycles. The van der Waals surface area contributed by atoms with Gasteiger partial charge in [0.15, 0.2) is 0 Å². The number of rotatable bonds is 2. The lowest BCUT2D eigenvalue weighted by Gasteiger charge is -2.42. The Morgan fingerprint density at radius 3 is 1.92 bits per heavy atom. The summed E-state index contributed by atoms with van der Waals surface area (Å²) in [6.07, 6.45) is 2.28. The standard InChI is InChI=1S/C20H26N2O2/c1-12-13(2)18(24)22(17(12)23)21-14-7-8-15-16(11-14)20(5,6)10-9-19(15,3)4/h7-8,11,21H,9-10H2,1-6H3. The number of benzene rings is 1. The van der Waals surface area contributed by atoms with E-state index in [1.54, 1.807) is 13.8 Å². The van der Waals surface area contributed by atoms with Crippen LogP contribution >= 0.6 is 0 Å². The van der Waals surface area contributed by atoms with Gasteiger partial charge in [0.25, 0.3) is 11.8 Å². The molecule has 0 spiro atoms.